The maximum absolute atomic E-state index is 11.1. The van der Waals surface area contributed by atoms with Gasteiger partial charge in [0, 0.05) is 43.4 Å². The van der Waals surface area contributed by atoms with Crippen molar-refractivity contribution in [2.24, 2.45) is 0 Å². The molecule has 0 saturated heterocycles. The predicted octanol–water partition coefficient (Wildman–Crippen LogP) is 13.8. The van der Waals surface area contributed by atoms with Gasteiger partial charge in [-0.25, -0.2) is 0 Å². The highest BCUT2D eigenvalue weighted by atomic mass is 16.3. The van der Waals surface area contributed by atoms with E-state index in [-0.39, 0.29) is 0 Å². The van der Waals surface area contributed by atoms with Gasteiger partial charge in [-0.1, -0.05) is 97.1 Å². The molecule has 13 rings (SSSR count). The fourth-order valence-corrected chi connectivity index (χ4v) is 9.91. The lowest BCUT2D eigenvalue weighted by Gasteiger charge is -2.16. The molecule has 0 amide bonds. The molecule has 6 nitrogen and oxygen atoms in total. The van der Waals surface area contributed by atoms with Gasteiger partial charge in [0.05, 0.1) is 61.0 Å². The summed E-state index contributed by atoms with van der Waals surface area (Å²) in [4.78, 5) is 0. The quantitative estimate of drug-likeness (QED) is 0.180. The van der Waals surface area contributed by atoms with Crippen LogP contribution in [0.1, 0.15) is 11.1 Å². The van der Waals surface area contributed by atoms with Crippen molar-refractivity contribution in [3.63, 3.8) is 0 Å². The summed E-state index contributed by atoms with van der Waals surface area (Å²) in [5.41, 5.74) is 10.9. The molecule has 0 N–H and O–H groups in total. The second-order valence-electron chi connectivity index (χ2n) is 15.5. The number of benzene rings is 9. The number of hydrogen-bond donors (Lipinski definition) is 0. The summed E-state index contributed by atoms with van der Waals surface area (Å²) in [6, 6.07) is 65.9. The van der Waals surface area contributed by atoms with Crippen molar-refractivity contribution in [3.05, 3.63) is 187 Å². The first-order chi connectivity index (χ1) is 29.7. The lowest BCUT2D eigenvalue weighted by Crippen LogP contribution is -2.04. The summed E-state index contributed by atoms with van der Waals surface area (Å²) in [7, 11) is 0. The molecule has 0 aliphatic carbocycles. The number of nitriles is 2. The van der Waals surface area contributed by atoms with E-state index in [0.29, 0.717) is 22.5 Å². The summed E-state index contributed by atoms with van der Waals surface area (Å²) in [5, 5.41) is 32.9. The Labute approximate surface area is 341 Å². The van der Waals surface area contributed by atoms with E-state index < -0.39 is 0 Å². The number of fused-ring (bicyclic) bond motifs is 14. The van der Waals surface area contributed by atoms with Crippen LogP contribution in [0.5, 0.6) is 0 Å². The zero-order valence-electron chi connectivity index (χ0n) is 31.9. The lowest BCUT2D eigenvalue weighted by molar-refractivity contribution is 0.673. The Morgan fingerprint density at radius 3 is 1.57 bits per heavy atom. The van der Waals surface area contributed by atoms with Crippen molar-refractivity contribution in [2.75, 3.05) is 0 Å². The van der Waals surface area contributed by atoms with E-state index in [1.807, 2.05) is 42.5 Å². The number of nitrogens with zero attached hydrogens (tertiary/aromatic N) is 5. The molecule has 0 unspecified atom stereocenters. The Hall–Kier alpha value is -8.58. The minimum absolute atomic E-state index is 0.453. The van der Waals surface area contributed by atoms with Gasteiger partial charge in [-0.2, -0.15) is 10.5 Å². The molecule has 0 spiro atoms. The van der Waals surface area contributed by atoms with Gasteiger partial charge in [0.25, 0.3) is 0 Å². The Balaban J connectivity index is 1.09. The number of furan rings is 1. The molecule has 0 bridgehead atoms. The van der Waals surface area contributed by atoms with Crippen LogP contribution in [0.25, 0.3) is 115 Å². The van der Waals surface area contributed by atoms with Crippen LogP contribution in [-0.4, -0.2) is 13.7 Å². The third-order valence-corrected chi connectivity index (χ3v) is 12.5. The molecule has 9 aromatic carbocycles. The van der Waals surface area contributed by atoms with Crippen LogP contribution in [0.15, 0.2) is 180 Å². The fraction of sp³-hybridized carbons (Fsp3) is 0. The van der Waals surface area contributed by atoms with Gasteiger partial charge >= 0.3 is 0 Å². The predicted molar refractivity (Wildman–Crippen MR) is 244 cm³/mol. The summed E-state index contributed by atoms with van der Waals surface area (Å²) in [5.74, 6) is 0. The van der Waals surface area contributed by atoms with E-state index in [4.69, 9.17) is 4.42 Å². The summed E-state index contributed by atoms with van der Waals surface area (Å²) < 4.78 is 13.2. The standard InChI is InChI=1S/C54H29N5O/c55-30-34-28-50(35(31-56)27-49(34)58-46-19-9-5-16-41(46)53-48(58)24-22-40-39-15-6-10-20-52(39)60-54(40)53)59-47-23-21-36(29-43(47)42-25-32-11-1-2-12-33(32)26-51(42)59)57-44-17-7-3-13-37(44)38-14-4-8-18-45(38)57/h1-29H. The number of para-hydroxylation sites is 4. The number of aromatic nitrogens is 3. The maximum Gasteiger partial charge on any atom is 0.145 e. The Bertz CT molecular complexity index is 4050. The van der Waals surface area contributed by atoms with Gasteiger partial charge in [-0.15, -0.1) is 0 Å². The van der Waals surface area contributed by atoms with Gasteiger partial charge in [-0.05, 0) is 89.6 Å². The second kappa shape index (κ2) is 12.0. The van der Waals surface area contributed by atoms with E-state index in [2.05, 4.69) is 159 Å². The highest BCUT2D eigenvalue weighted by Crippen LogP contribution is 2.43. The Morgan fingerprint density at radius 1 is 0.367 bits per heavy atom. The first-order valence-corrected chi connectivity index (χ1v) is 20.0. The molecular weight excluding hydrogens is 735 g/mol. The minimum Gasteiger partial charge on any atom is -0.455 e. The molecule has 0 saturated carbocycles. The van der Waals surface area contributed by atoms with Crippen LogP contribution in [0.2, 0.25) is 0 Å². The van der Waals surface area contributed by atoms with Crippen LogP contribution in [0, 0.1) is 22.7 Å². The van der Waals surface area contributed by atoms with E-state index in [1.165, 1.54) is 10.8 Å². The van der Waals surface area contributed by atoms with Crippen molar-refractivity contribution in [1.82, 2.24) is 13.7 Å². The molecular formula is C54H29N5O. The van der Waals surface area contributed by atoms with Crippen molar-refractivity contribution >= 4 is 98.1 Å². The van der Waals surface area contributed by atoms with E-state index in [9.17, 15) is 10.5 Å². The smallest absolute Gasteiger partial charge is 0.145 e. The molecule has 6 heteroatoms. The van der Waals surface area contributed by atoms with Gasteiger partial charge in [0.1, 0.15) is 23.3 Å². The van der Waals surface area contributed by atoms with Crippen molar-refractivity contribution in [3.8, 4) is 29.2 Å². The zero-order chi connectivity index (χ0) is 39.6. The molecule has 0 radical (unpaired) electrons. The molecule has 0 fully saturated rings. The molecule has 0 aliphatic heterocycles. The minimum atomic E-state index is 0.453. The van der Waals surface area contributed by atoms with Gasteiger partial charge in [-0.3, -0.25) is 0 Å². The average Bonchev–Trinajstić information content (AvgIpc) is 4.04. The van der Waals surface area contributed by atoms with Gasteiger partial charge in [0.15, 0.2) is 0 Å². The molecule has 276 valence electrons. The fourth-order valence-electron chi connectivity index (χ4n) is 9.91. The third-order valence-electron chi connectivity index (χ3n) is 12.5. The summed E-state index contributed by atoms with van der Waals surface area (Å²) in [6.45, 7) is 0. The number of rotatable bonds is 3. The van der Waals surface area contributed by atoms with E-state index in [0.717, 1.165) is 93.0 Å². The summed E-state index contributed by atoms with van der Waals surface area (Å²) >= 11 is 0. The first-order valence-electron chi connectivity index (χ1n) is 20.0. The Kier molecular flexibility index (Phi) is 6.48. The van der Waals surface area contributed by atoms with Crippen molar-refractivity contribution < 1.29 is 4.42 Å². The largest absolute Gasteiger partial charge is 0.455 e. The molecule has 4 aromatic heterocycles. The van der Waals surface area contributed by atoms with Crippen LogP contribution in [-0.2, 0) is 0 Å². The van der Waals surface area contributed by atoms with Gasteiger partial charge < -0.3 is 18.1 Å². The molecule has 0 aliphatic rings. The van der Waals surface area contributed by atoms with Gasteiger partial charge in [0.2, 0.25) is 0 Å². The highest BCUT2D eigenvalue weighted by molar-refractivity contribution is 6.24. The van der Waals surface area contributed by atoms with E-state index in [1.54, 1.807) is 0 Å². The normalized spacial score (nSPS) is 12.0. The van der Waals surface area contributed by atoms with Crippen molar-refractivity contribution in [1.29, 1.82) is 10.5 Å². The van der Waals surface area contributed by atoms with E-state index >= 15 is 0 Å². The molecule has 60 heavy (non-hydrogen) atoms. The summed E-state index contributed by atoms with van der Waals surface area (Å²) in [6.07, 6.45) is 0. The SMILES string of the molecule is N#Cc1cc(-n2c3ccccc3c3c4oc5ccccc5c4ccc32)c(C#N)cc1-n1c2ccc(-n3c4ccccc4c4ccccc43)cc2c2cc3ccccc3cc21. The second-order valence-corrected chi connectivity index (χ2v) is 15.5. The lowest BCUT2D eigenvalue weighted by atomic mass is 10.1. The molecule has 0 atom stereocenters. The maximum atomic E-state index is 11.1. The molecule has 13 aromatic rings. The van der Waals surface area contributed by atoms with Crippen LogP contribution < -0.4 is 0 Å². The first kappa shape index (κ1) is 32.5. The van der Waals surface area contributed by atoms with Crippen LogP contribution in [0.3, 0.4) is 0 Å². The highest BCUT2D eigenvalue weighted by Gasteiger charge is 2.24. The average molecular weight is 764 g/mol. The molecule has 4 heterocycles. The van der Waals surface area contributed by atoms with Crippen LogP contribution in [0.4, 0.5) is 0 Å². The topological polar surface area (TPSA) is 75.5 Å². The zero-order valence-corrected chi connectivity index (χ0v) is 31.9. The van der Waals surface area contributed by atoms with Crippen molar-refractivity contribution in [2.45, 2.75) is 0 Å². The number of hydrogen-bond acceptors (Lipinski definition) is 3. The Morgan fingerprint density at radius 2 is 0.883 bits per heavy atom. The monoisotopic (exact) mass is 763 g/mol. The van der Waals surface area contributed by atoms with Crippen LogP contribution >= 0.6 is 0 Å². The third kappa shape index (κ3) is 4.29.